The highest BCUT2D eigenvalue weighted by atomic mass is 19.1. The number of rotatable bonds is 6. The molecule has 5 heteroatoms. The Morgan fingerprint density at radius 3 is 2.62 bits per heavy atom. The maximum Gasteiger partial charge on any atom is 0.123 e. The van der Waals surface area contributed by atoms with Crippen LogP contribution in [-0.4, -0.2) is 40.7 Å². The molecule has 0 saturated carbocycles. The van der Waals surface area contributed by atoms with E-state index in [4.69, 9.17) is 4.74 Å². The zero-order chi connectivity index (χ0) is 17.8. The van der Waals surface area contributed by atoms with E-state index < -0.39 is 0 Å². The lowest BCUT2D eigenvalue weighted by Crippen LogP contribution is -2.35. The lowest BCUT2D eigenvalue weighted by atomic mass is 10.0. The maximum atomic E-state index is 12.9. The van der Waals surface area contributed by atoms with Gasteiger partial charge in [0.15, 0.2) is 0 Å². The molecule has 1 aliphatic rings. The first-order chi connectivity index (χ1) is 12.8. The van der Waals surface area contributed by atoms with Crippen LogP contribution in [0.15, 0.2) is 54.9 Å². The van der Waals surface area contributed by atoms with Crippen LogP contribution in [0.5, 0.6) is 5.75 Å². The molecule has 2 heterocycles. The smallest absolute Gasteiger partial charge is 0.123 e. The standard InChI is InChI=1S/C21H24FN3O/c22-17-6-8-19(9-7-17)26-15-3-12-24-13-10-18(11-14-24)25-16-23-20-4-1-2-5-21(20)25/h1-2,4-9,16,18H,3,10-15H2. The monoisotopic (exact) mass is 353 g/mol. The third-order valence-electron chi connectivity index (χ3n) is 5.13. The second kappa shape index (κ2) is 7.87. The van der Waals surface area contributed by atoms with Crippen molar-refractivity contribution in [3.05, 3.63) is 60.7 Å². The molecule has 136 valence electrons. The third kappa shape index (κ3) is 3.88. The molecule has 26 heavy (non-hydrogen) atoms. The van der Waals surface area contributed by atoms with E-state index in [2.05, 4.69) is 32.7 Å². The minimum atomic E-state index is -0.231. The molecule has 0 aliphatic carbocycles. The number of likely N-dealkylation sites (tertiary alicyclic amines) is 1. The van der Waals surface area contributed by atoms with Gasteiger partial charge >= 0.3 is 0 Å². The van der Waals surface area contributed by atoms with Gasteiger partial charge in [0.05, 0.1) is 24.0 Å². The molecule has 0 spiro atoms. The molecule has 0 unspecified atom stereocenters. The first-order valence-corrected chi connectivity index (χ1v) is 9.32. The zero-order valence-electron chi connectivity index (χ0n) is 14.9. The van der Waals surface area contributed by atoms with E-state index in [1.54, 1.807) is 12.1 Å². The molecule has 0 radical (unpaired) electrons. The topological polar surface area (TPSA) is 30.3 Å². The van der Waals surface area contributed by atoms with Gasteiger partial charge in [-0.1, -0.05) is 12.1 Å². The molecule has 1 aromatic heterocycles. The van der Waals surface area contributed by atoms with Crippen molar-refractivity contribution in [2.24, 2.45) is 0 Å². The summed E-state index contributed by atoms with van der Waals surface area (Å²) in [6, 6.07) is 15.1. The Kier molecular flexibility index (Phi) is 5.16. The highest BCUT2D eigenvalue weighted by molar-refractivity contribution is 5.75. The molecule has 1 aliphatic heterocycles. The molecule has 1 saturated heterocycles. The first-order valence-electron chi connectivity index (χ1n) is 9.32. The lowest BCUT2D eigenvalue weighted by Gasteiger charge is -2.32. The summed E-state index contributed by atoms with van der Waals surface area (Å²) in [6.45, 7) is 3.91. The highest BCUT2D eigenvalue weighted by Gasteiger charge is 2.21. The van der Waals surface area contributed by atoms with Crippen molar-refractivity contribution in [2.45, 2.75) is 25.3 Å². The Bertz CT molecular complexity index is 838. The van der Waals surface area contributed by atoms with Crippen molar-refractivity contribution in [2.75, 3.05) is 26.2 Å². The first kappa shape index (κ1) is 17.0. The van der Waals surface area contributed by atoms with Gasteiger partial charge in [0.1, 0.15) is 11.6 Å². The van der Waals surface area contributed by atoms with Gasteiger partial charge in [-0.2, -0.15) is 0 Å². The van der Waals surface area contributed by atoms with Gasteiger partial charge in [-0.3, -0.25) is 0 Å². The second-order valence-corrected chi connectivity index (χ2v) is 6.87. The number of para-hydroxylation sites is 2. The van der Waals surface area contributed by atoms with E-state index in [1.165, 1.54) is 17.6 Å². The van der Waals surface area contributed by atoms with Crippen LogP contribution >= 0.6 is 0 Å². The fraction of sp³-hybridized carbons (Fsp3) is 0.381. The van der Waals surface area contributed by atoms with Crippen molar-refractivity contribution in [1.82, 2.24) is 14.5 Å². The Morgan fingerprint density at radius 1 is 1.04 bits per heavy atom. The average Bonchev–Trinajstić information content (AvgIpc) is 3.11. The van der Waals surface area contributed by atoms with Crippen LogP contribution in [0.1, 0.15) is 25.3 Å². The quantitative estimate of drug-likeness (QED) is 0.620. The Labute approximate surface area is 153 Å². The lowest BCUT2D eigenvalue weighted by molar-refractivity contribution is 0.174. The number of fused-ring (bicyclic) bond motifs is 1. The normalized spacial score (nSPS) is 16.2. The molecular weight excluding hydrogens is 329 g/mol. The third-order valence-corrected chi connectivity index (χ3v) is 5.13. The molecule has 0 atom stereocenters. The summed E-state index contributed by atoms with van der Waals surface area (Å²) in [5.41, 5.74) is 2.31. The predicted molar refractivity (Wildman–Crippen MR) is 101 cm³/mol. The fourth-order valence-corrected chi connectivity index (χ4v) is 3.70. The number of halogens is 1. The van der Waals surface area contributed by atoms with E-state index in [0.29, 0.717) is 12.6 Å². The van der Waals surface area contributed by atoms with Gasteiger partial charge in [0.25, 0.3) is 0 Å². The predicted octanol–water partition coefficient (Wildman–Crippen LogP) is 4.28. The summed E-state index contributed by atoms with van der Waals surface area (Å²) in [4.78, 5) is 7.02. The van der Waals surface area contributed by atoms with Gasteiger partial charge in [0.2, 0.25) is 0 Å². The second-order valence-electron chi connectivity index (χ2n) is 6.87. The van der Waals surface area contributed by atoms with Crippen LogP contribution < -0.4 is 4.74 Å². The van der Waals surface area contributed by atoms with Gasteiger partial charge in [0, 0.05) is 25.7 Å². The van der Waals surface area contributed by atoms with Crippen LogP contribution in [0.25, 0.3) is 11.0 Å². The van der Waals surface area contributed by atoms with Crippen molar-refractivity contribution < 1.29 is 9.13 Å². The number of benzene rings is 2. The van der Waals surface area contributed by atoms with Crippen LogP contribution in [0.2, 0.25) is 0 Å². The van der Waals surface area contributed by atoms with Crippen LogP contribution in [0, 0.1) is 5.82 Å². The molecule has 0 N–H and O–H groups in total. The zero-order valence-corrected chi connectivity index (χ0v) is 14.9. The average molecular weight is 353 g/mol. The summed E-state index contributed by atoms with van der Waals surface area (Å²) >= 11 is 0. The highest BCUT2D eigenvalue weighted by Crippen LogP contribution is 2.26. The molecule has 2 aromatic carbocycles. The molecule has 0 amide bonds. The number of hydrogen-bond donors (Lipinski definition) is 0. The fourth-order valence-electron chi connectivity index (χ4n) is 3.70. The molecule has 3 aromatic rings. The van der Waals surface area contributed by atoms with E-state index in [0.717, 1.165) is 50.2 Å². The van der Waals surface area contributed by atoms with Crippen molar-refractivity contribution in [3.63, 3.8) is 0 Å². The van der Waals surface area contributed by atoms with Gasteiger partial charge in [-0.25, -0.2) is 9.37 Å². The summed E-state index contributed by atoms with van der Waals surface area (Å²) in [6.07, 6.45) is 5.27. The summed E-state index contributed by atoms with van der Waals surface area (Å²) < 4.78 is 20.9. The van der Waals surface area contributed by atoms with E-state index in [1.807, 2.05) is 12.4 Å². The Hall–Kier alpha value is -2.40. The number of ether oxygens (including phenoxy) is 1. The van der Waals surface area contributed by atoms with Crippen molar-refractivity contribution in [1.29, 1.82) is 0 Å². The number of hydrogen-bond acceptors (Lipinski definition) is 3. The summed E-state index contributed by atoms with van der Waals surface area (Å²) in [7, 11) is 0. The van der Waals surface area contributed by atoms with Crippen LogP contribution in [0.3, 0.4) is 0 Å². The van der Waals surface area contributed by atoms with E-state index >= 15 is 0 Å². The van der Waals surface area contributed by atoms with Crippen LogP contribution in [-0.2, 0) is 0 Å². The minimum Gasteiger partial charge on any atom is -0.494 e. The van der Waals surface area contributed by atoms with Gasteiger partial charge < -0.3 is 14.2 Å². The van der Waals surface area contributed by atoms with Gasteiger partial charge in [-0.05, 0) is 55.7 Å². The van der Waals surface area contributed by atoms with E-state index in [-0.39, 0.29) is 5.82 Å². The number of imidazole rings is 1. The molecule has 0 bridgehead atoms. The largest absolute Gasteiger partial charge is 0.494 e. The molecule has 4 rings (SSSR count). The summed E-state index contributed by atoms with van der Waals surface area (Å²) in [5, 5.41) is 0. The van der Waals surface area contributed by atoms with E-state index in [9.17, 15) is 4.39 Å². The van der Waals surface area contributed by atoms with Crippen molar-refractivity contribution >= 4 is 11.0 Å². The molecule has 1 fully saturated rings. The minimum absolute atomic E-state index is 0.231. The Balaban J connectivity index is 1.22. The molecule has 4 nitrogen and oxygen atoms in total. The Morgan fingerprint density at radius 2 is 1.81 bits per heavy atom. The van der Waals surface area contributed by atoms with Crippen molar-refractivity contribution in [3.8, 4) is 5.75 Å². The van der Waals surface area contributed by atoms with Gasteiger partial charge in [-0.15, -0.1) is 0 Å². The number of aromatic nitrogens is 2. The summed E-state index contributed by atoms with van der Waals surface area (Å²) in [5.74, 6) is 0.503. The van der Waals surface area contributed by atoms with Crippen LogP contribution in [0.4, 0.5) is 4.39 Å². The number of nitrogens with zero attached hydrogens (tertiary/aromatic N) is 3. The maximum absolute atomic E-state index is 12.9. The molecular formula is C21H24FN3O. The SMILES string of the molecule is Fc1ccc(OCCCN2CCC(n3cnc4ccccc43)CC2)cc1. The number of piperidine rings is 1.